The van der Waals surface area contributed by atoms with Gasteiger partial charge in [-0.1, -0.05) is 6.07 Å². The lowest BCUT2D eigenvalue weighted by Crippen LogP contribution is -2.27. The first-order chi connectivity index (χ1) is 8.67. The van der Waals surface area contributed by atoms with Gasteiger partial charge in [-0.05, 0) is 12.1 Å². The number of hydrogen-bond donors (Lipinski definition) is 2. The van der Waals surface area contributed by atoms with E-state index in [2.05, 4.69) is 0 Å². The van der Waals surface area contributed by atoms with Gasteiger partial charge in [0, 0.05) is 21.1 Å². The molecule has 0 fully saturated rings. The molecule has 7 nitrogen and oxygen atoms in total. The van der Waals surface area contributed by atoms with Crippen molar-refractivity contribution < 1.29 is 18.3 Å². The van der Waals surface area contributed by atoms with E-state index in [0.29, 0.717) is 5.69 Å². The van der Waals surface area contributed by atoms with Crippen molar-refractivity contribution in [1.29, 1.82) is 0 Å². The molecule has 8 heteroatoms. The summed E-state index contributed by atoms with van der Waals surface area (Å²) in [7, 11) is 0.686. The Hall–Kier alpha value is -1.80. The van der Waals surface area contributed by atoms with Crippen LogP contribution in [-0.2, 0) is 14.8 Å². The minimum atomic E-state index is -3.66. The zero-order valence-electron chi connectivity index (χ0n) is 11.0. The molecular weight excluding hydrogens is 270 g/mol. The average Bonchev–Trinajstić information content (AvgIpc) is 2.27. The molecule has 0 heterocycles. The Morgan fingerprint density at radius 1 is 1.32 bits per heavy atom. The van der Waals surface area contributed by atoms with Gasteiger partial charge in [0.1, 0.15) is 11.4 Å². The molecule has 106 valence electrons. The van der Waals surface area contributed by atoms with Gasteiger partial charge in [0.25, 0.3) is 0 Å². The van der Waals surface area contributed by atoms with Crippen LogP contribution in [-0.4, -0.2) is 51.5 Å². The van der Waals surface area contributed by atoms with E-state index in [1.807, 2.05) is 0 Å². The third-order valence-electron chi connectivity index (χ3n) is 2.59. The molecular formula is C11H17N3O4S. The molecule has 1 rings (SSSR count). The number of hydrogen-bond acceptors (Lipinski definition) is 5. The van der Waals surface area contributed by atoms with Crippen LogP contribution in [0.2, 0.25) is 0 Å². The van der Waals surface area contributed by atoms with Crippen LogP contribution in [0.4, 0.5) is 11.4 Å². The van der Waals surface area contributed by atoms with Gasteiger partial charge < -0.3 is 15.7 Å². The normalized spacial score (nSPS) is 11.6. The fraction of sp³-hybridized carbons (Fsp3) is 0.364. The maximum atomic E-state index is 12.1. The smallest absolute Gasteiger partial charge is 0.323 e. The van der Waals surface area contributed by atoms with Crippen LogP contribution in [0.3, 0.4) is 0 Å². The van der Waals surface area contributed by atoms with Gasteiger partial charge in [-0.2, -0.15) is 0 Å². The van der Waals surface area contributed by atoms with Crippen LogP contribution < -0.4 is 10.6 Å². The monoisotopic (exact) mass is 287 g/mol. The molecule has 0 amide bonds. The zero-order chi connectivity index (χ0) is 14.8. The van der Waals surface area contributed by atoms with Crippen LogP contribution >= 0.6 is 0 Å². The molecule has 0 radical (unpaired) electrons. The second kappa shape index (κ2) is 5.45. The van der Waals surface area contributed by atoms with Gasteiger partial charge in [-0.15, -0.1) is 0 Å². The SMILES string of the molecule is CN(CC(=O)O)c1cccc(S(=O)(=O)N(C)C)c1N. The standard InChI is InChI=1S/C11H17N3O4S/c1-13(2)19(17,18)9-6-4-5-8(11(9)12)14(3)7-10(15)16/h4-6H,7,12H2,1-3H3,(H,15,16). The molecule has 0 aliphatic heterocycles. The highest BCUT2D eigenvalue weighted by atomic mass is 32.2. The van der Waals surface area contributed by atoms with Crippen molar-refractivity contribution in [2.75, 3.05) is 38.3 Å². The van der Waals surface area contributed by atoms with E-state index in [1.54, 1.807) is 6.07 Å². The number of nitrogens with two attached hydrogens (primary N) is 1. The number of carboxylic acid groups (broad SMARTS) is 1. The van der Waals surface area contributed by atoms with E-state index < -0.39 is 16.0 Å². The second-order valence-corrected chi connectivity index (χ2v) is 6.35. The molecule has 0 unspecified atom stereocenters. The first-order valence-electron chi connectivity index (χ1n) is 5.42. The highest BCUT2D eigenvalue weighted by molar-refractivity contribution is 7.89. The molecule has 0 saturated carbocycles. The van der Waals surface area contributed by atoms with Gasteiger partial charge >= 0.3 is 5.97 Å². The van der Waals surface area contributed by atoms with Crippen LogP contribution in [0.1, 0.15) is 0 Å². The Kier molecular flexibility index (Phi) is 4.38. The Bertz CT molecular complexity index is 584. The molecule has 0 bridgehead atoms. The predicted molar refractivity (Wildman–Crippen MR) is 72.6 cm³/mol. The molecule has 0 aliphatic carbocycles. The molecule has 0 atom stereocenters. The van der Waals surface area contributed by atoms with Gasteiger partial charge in [0.05, 0.1) is 11.4 Å². The predicted octanol–water partition coefficient (Wildman–Crippen LogP) is 0.0399. The highest BCUT2D eigenvalue weighted by Crippen LogP contribution is 2.30. The van der Waals surface area contributed by atoms with E-state index in [0.717, 1.165) is 4.31 Å². The number of anilines is 2. The minimum absolute atomic E-state index is 0.0350. The molecule has 3 N–H and O–H groups in total. The van der Waals surface area contributed by atoms with Gasteiger partial charge in [0.15, 0.2) is 0 Å². The van der Waals surface area contributed by atoms with Crippen LogP contribution in [0.25, 0.3) is 0 Å². The van der Waals surface area contributed by atoms with Crippen molar-refractivity contribution in [3.05, 3.63) is 18.2 Å². The first kappa shape index (κ1) is 15.3. The summed E-state index contributed by atoms with van der Waals surface area (Å²) >= 11 is 0. The lowest BCUT2D eigenvalue weighted by atomic mass is 10.2. The number of para-hydroxylation sites is 1. The Morgan fingerprint density at radius 2 is 1.89 bits per heavy atom. The fourth-order valence-electron chi connectivity index (χ4n) is 1.57. The van der Waals surface area contributed by atoms with Crippen molar-refractivity contribution in [3.63, 3.8) is 0 Å². The highest BCUT2D eigenvalue weighted by Gasteiger charge is 2.23. The lowest BCUT2D eigenvalue weighted by Gasteiger charge is -2.21. The molecule has 1 aromatic rings. The number of aliphatic carboxylic acids is 1. The quantitative estimate of drug-likeness (QED) is 0.741. The number of likely N-dealkylation sites (N-methyl/N-ethyl adjacent to an activating group) is 1. The number of carbonyl (C=O) groups is 1. The summed E-state index contributed by atoms with van der Waals surface area (Å²) in [5.74, 6) is -1.03. The topological polar surface area (TPSA) is 104 Å². The van der Waals surface area contributed by atoms with Crippen LogP contribution in [0.5, 0.6) is 0 Å². The summed E-state index contributed by atoms with van der Waals surface area (Å²) < 4.78 is 25.2. The summed E-state index contributed by atoms with van der Waals surface area (Å²) in [5.41, 5.74) is 6.25. The van der Waals surface area contributed by atoms with E-state index in [-0.39, 0.29) is 17.1 Å². The summed E-state index contributed by atoms with van der Waals surface area (Å²) in [5, 5.41) is 8.74. The second-order valence-electron chi connectivity index (χ2n) is 4.23. The van der Waals surface area contributed by atoms with Gasteiger partial charge in [0.2, 0.25) is 10.0 Å². The minimum Gasteiger partial charge on any atom is -0.480 e. The van der Waals surface area contributed by atoms with Crippen molar-refractivity contribution in [1.82, 2.24) is 4.31 Å². The van der Waals surface area contributed by atoms with Crippen molar-refractivity contribution in [2.24, 2.45) is 0 Å². The van der Waals surface area contributed by atoms with E-state index in [1.165, 1.54) is 38.2 Å². The third-order valence-corrected chi connectivity index (χ3v) is 4.46. The molecule has 0 spiro atoms. The maximum Gasteiger partial charge on any atom is 0.323 e. The molecule has 0 aliphatic rings. The number of benzene rings is 1. The van der Waals surface area contributed by atoms with E-state index in [9.17, 15) is 13.2 Å². The summed E-state index contributed by atoms with van der Waals surface area (Å²) in [6, 6.07) is 4.50. The van der Waals surface area contributed by atoms with Crippen molar-refractivity contribution in [3.8, 4) is 0 Å². The summed E-state index contributed by atoms with van der Waals surface area (Å²) in [6.45, 7) is -0.268. The Morgan fingerprint density at radius 3 is 2.37 bits per heavy atom. The molecule has 19 heavy (non-hydrogen) atoms. The fourth-order valence-corrected chi connectivity index (χ4v) is 2.60. The third kappa shape index (κ3) is 3.15. The maximum absolute atomic E-state index is 12.1. The number of rotatable bonds is 5. The van der Waals surface area contributed by atoms with Gasteiger partial charge in [-0.3, -0.25) is 4.79 Å². The van der Waals surface area contributed by atoms with Crippen molar-refractivity contribution >= 4 is 27.4 Å². The average molecular weight is 287 g/mol. The molecule has 0 aromatic heterocycles. The number of nitrogen functional groups attached to an aromatic ring is 1. The molecule has 0 saturated heterocycles. The van der Waals surface area contributed by atoms with E-state index in [4.69, 9.17) is 10.8 Å². The Balaban J connectivity index is 3.31. The summed E-state index contributed by atoms with van der Waals surface area (Å²) in [6.07, 6.45) is 0. The zero-order valence-corrected chi connectivity index (χ0v) is 11.8. The lowest BCUT2D eigenvalue weighted by molar-refractivity contribution is -0.135. The molecule has 1 aromatic carbocycles. The summed E-state index contributed by atoms with van der Waals surface area (Å²) in [4.78, 5) is 12.0. The van der Waals surface area contributed by atoms with E-state index >= 15 is 0 Å². The largest absolute Gasteiger partial charge is 0.480 e. The van der Waals surface area contributed by atoms with Crippen LogP contribution in [0.15, 0.2) is 23.1 Å². The van der Waals surface area contributed by atoms with Gasteiger partial charge in [-0.25, -0.2) is 12.7 Å². The Labute approximate surface area is 112 Å². The van der Waals surface area contributed by atoms with Crippen LogP contribution in [0, 0.1) is 0 Å². The number of sulfonamides is 1. The first-order valence-corrected chi connectivity index (χ1v) is 6.86. The number of nitrogens with zero attached hydrogens (tertiary/aromatic N) is 2. The van der Waals surface area contributed by atoms with Crippen molar-refractivity contribution in [2.45, 2.75) is 4.90 Å². The number of carboxylic acids is 1.